The summed E-state index contributed by atoms with van der Waals surface area (Å²) in [5.41, 5.74) is 9.42. The fourth-order valence-corrected chi connectivity index (χ4v) is 8.50. The number of fused-ring (bicyclic) bond motifs is 17. The van der Waals surface area contributed by atoms with Gasteiger partial charge < -0.3 is 13.2 Å². The van der Waals surface area contributed by atoms with E-state index in [1.54, 1.807) is 0 Å². The second-order valence-corrected chi connectivity index (χ2v) is 12.8. The first-order chi connectivity index (χ1) is 23.3. The molecule has 12 rings (SSSR count). The molecule has 0 saturated carbocycles. The largest absolute Gasteiger partial charge is 0.454 e. The van der Waals surface area contributed by atoms with Gasteiger partial charge in [0.2, 0.25) is 0 Å². The molecule has 0 N–H and O–H groups in total. The molecule has 3 heteroatoms. The van der Waals surface area contributed by atoms with Crippen LogP contribution in [-0.2, 0) is 0 Å². The standard InChI is InChI=1S/C44H23NO2/c1-2-10-26-24(9-1)21-35(28-12-4-3-11-27(26)28)25-22-36-31-17-19-33-29-13-5-7-15-38(29)46-43(33)41(31)45-40(36)37(23-25)32-18-20-34-30-14-6-8-16-39(30)47-44(34)42(32)45/h1-23H. The number of rotatable bonds is 1. The highest BCUT2D eigenvalue weighted by Crippen LogP contribution is 2.48. The molecule has 4 aromatic heterocycles. The van der Waals surface area contributed by atoms with Gasteiger partial charge in [-0.2, -0.15) is 0 Å². The SMILES string of the molecule is c1ccc2c(c1)cc(-c1cc3c4ccc5c6ccccc6oc5c4n4c3c(c1)c1ccc3c5ccccc5oc3c14)c1ccccc12. The van der Waals surface area contributed by atoms with E-state index in [9.17, 15) is 0 Å². The van der Waals surface area contributed by atoms with Crippen LogP contribution in [0.2, 0.25) is 0 Å². The van der Waals surface area contributed by atoms with Crippen molar-refractivity contribution in [3.8, 4) is 11.1 Å². The lowest BCUT2D eigenvalue weighted by molar-refractivity contribution is 0.670. The second kappa shape index (κ2) is 8.28. The fraction of sp³-hybridized carbons (Fsp3) is 0. The topological polar surface area (TPSA) is 30.7 Å². The molecule has 0 aliphatic heterocycles. The lowest BCUT2D eigenvalue weighted by Gasteiger charge is -2.12. The summed E-state index contributed by atoms with van der Waals surface area (Å²) in [6.45, 7) is 0. The highest BCUT2D eigenvalue weighted by Gasteiger charge is 2.25. The number of para-hydroxylation sites is 2. The van der Waals surface area contributed by atoms with Crippen LogP contribution in [0.15, 0.2) is 148 Å². The van der Waals surface area contributed by atoms with E-state index in [-0.39, 0.29) is 0 Å². The van der Waals surface area contributed by atoms with Crippen LogP contribution < -0.4 is 0 Å². The Morgan fingerprint density at radius 2 is 0.830 bits per heavy atom. The molecular formula is C44H23NO2. The lowest BCUT2D eigenvalue weighted by Crippen LogP contribution is -1.85. The van der Waals surface area contributed by atoms with E-state index in [1.165, 1.54) is 59.7 Å². The van der Waals surface area contributed by atoms with Gasteiger partial charge in [0.05, 0.1) is 16.6 Å². The zero-order chi connectivity index (χ0) is 30.4. The molecule has 47 heavy (non-hydrogen) atoms. The predicted octanol–water partition coefficient (Wildman–Crippen LogP) is 12.6. The van der Waals surface area contributed by atoms with Gasteiger partial charge >= 0.3 is 0 Å². The summed E-state index contributed by atoms with van der Waals surface area (Å²) in [4.78, 5) is 0. The van der Waals surface area contributed by atoms with Gasteiger partial charge in [-0.1, -0.05) is 97.1 Å². The lowest BCUT2D eigenvalue weighted by atomic mass is 9.91. The third-order valence-electron chi connectivity index (χ3n) is 10.5. The third-order valence-corrected chi connectivity index (χ3v) is 10.5. The summed E-state index contributed by atoms with van der Waals surface area (Å²) in [5, 5.41) is 14.3. The van der Waals surface area contributed by atoms with E-state index in [0.717, 1.165) is 54.9 Å². The molecule has 0 radical (unpaired) electrons. The monoisotopic (exact) mass is 597 g/mol. The Kier molecular flexibility index (Phi) is 4.22. The van der Waals surface area contributed by atoms with E-state index < -0.39 is 0 Å². The Balaban J connectivity index is 1.33. The van der Waals surface area contributed by atoms with Crippen molar-refractivity contribution in [1.82, 2.24) is 4.40 Å². The normalized spacial score (nSPS) is 12.7. The van der Waals surface area contributed by atoms with Crippen LogP contribution in [0.1, 0.15) is 0 Å². The number of furan rings is 2. The molecule has 0 spiro atoms. The molecule has 0 aliphatic carbocycles. The predicted molar refractivity (Wildman–Crippen MR) is 196 cm³/mol. The van der Waals surface area contributed by atoms with Crippen molar-refractivity contribution in [2.45, 2.75) is 0 Å². The molecule has 8 aromatic carbocycles. The minimum Gasteiger partial charge on any atom is -0.454 e. The summed E-state index contributed by atoms with van der Waals surface area (Å²) in [6.07, 6.45) is 0. The minimum absolute atomic E-state index is 0.900. The Bertz CT molecular complexity index is 3140. The molecule has 0 amide bonds. The first-order valence-electron chi connectivity index (χ1n) is 16.1. The maximum atomic E-state index is 6.72. The van der Waals surface area contributed by atoms with Crippen molar-refractivity contribution in [3.05, 3.63) is 140 Å². The Morgan fingerprint density at radius 1 is 0.340 bits per heavy atom. The van der Waals surface area contributed by atoms with Crippen molar-refractivity contribution in [2.75, 3.05) is 0 Å². The summed E-state index contributed by atoms with van der Waals surface area (Å²) < 4.78 is 15.9. The Hall–Kier alpha value is -6.32. The van der Waals surface area contributed by atoms with Gasteiger partial charge in [-0.05, 0) is 75.1 Å². The van der Waals surface area contributed by atoms with Crippen LogP contribution in [0.25, 0.3) is 115 Å². The van der Waals surface area contributed by atoms with E-state index >= 15 is 0 Å². The molecule has 0 saturated heterocycles. The number of nitrogens with zero attached hydrogens (tertiary/aromatic N) is 1. The molecule has 216 valence electrons. The van der Waals surface area contributed by atoms with Crippen LogP contribution in [0.5, 0.6) is 0 Å². The van der Waals surface area contributed by atoms with Crippen LogP contribution in [0.4, 0.5) is 0 Å². The summed E-state index contributed by atoms with van der Waals surface area (Å²) in [6, 6.07) is 50.4. The van der Waals surface area contributed by atoms with Gasteiger partial charge in [-0.3, -0.25) is 0 Å². The number of benzene rings is 8. The van der Waals surface area contributed by atoms with Crippen molar-refractivity contribution in [2.24, 2.45) is 0 Å². The molecule has 0 bridgehead atoms. The summed E-state index contributed by atoms with van der Waals surface area (Å²) in [7, 11) is 0. The van der Waals surface area contributed by atoms with Crippen molar-refractivity contribution >= 4 is 104 Å². The van der Waals surface area contributed by atoms with Crippen LogP contribution in [0.3, 0.4) is 0 Å². The first kappa shape index (κ1) is 24.0. The van der Waals surface area contributed by atoms with Gasteiger partial charge in [0.15, 0.2) is 11.2 Å². The van der Waals surface area contributed by atoms with Gasteiger partial charge in [0.1, 0.15) is 11.2 Å². The van der Waals surface area contributed by atoms with Crippen LogP contribution in [-0.4, -0.2) is 4.40 Å². The average Bonchev–Trinajstić information content (AvgIpc) is 3.87. The number of aromatic nitrogens is 1. The van der Waals surface area contributed by atoms with Gasteiger partial charge in [0.25, 0.3) is 0 Å². The van der Waals surface area contributed by atoms with E-state index in [4.69, 9.17) is 8.83 Å². The maximum Gasteiger partial charge on any atom is 0.160 e. The first-order valence-corrected chi connectivity index (χ1v) is 16.1. The molecule has 0 unspecified atom stereocenters. The van der Waals surface area contributed by atoms with Crippen LogP contribution in [0, 0.1) is 0 Å². The summed E-state index contributed by atoms with van der Waals surface area (Å²) in [5.74, 6) is 0. The Labute approximate surface area is 266 Å². The molecule has 12 aromatic rings. The van der Waals surface area contributed by atoms with E-state index in [1.807, 2.05) is 12.1 Å². The quantitative estimate of drug-likeness (QED) is 0.176. The van der Waals surface area contributed by atoms with Gasteiger partial charge in [-0.15, -0.1) is 0 Å². The molecule has 4 heterocycles. The third kappa shape index (κ3) is 2.89. The van der Waals surface area contributed by atoms with Crippen molar-refractivity contribution in [1.29, 1.82) is 0 Å². The number of hydrogen-bond donors (Lipinski definition) is 0. The summed E-state index contributed by atoms with van der Waals surface area (Å²) >= 11 is 0. The smallest absolute Gasteiger partial charge is 0.160 e. The zero-order valence-corrected chi connectivity index (χ0v) is 25.0. The average molecular weight is 598 g/mol. The van der Waals surface area contributed by atoms with Crippen LogP contribution >= 0.6 is 0 Å². The Morgan fingerprint density at radius 3 is 1.45 bits per heavy atom. The fourth-order valence-electron chi connectivity index (χ4n) is 8.50. The molecular weight excluding hydrogens is 574 g/mol. The van der Waals surface area contributed by atoms with E-state index in [0.29, 0.717) is 0 Å². The highest BCUT2D eigenvalue weighted by atomic mass is 16.3. The van der Waals surface area contributed by atoms with Gasteiger partial charge in [-0.25, -0.2) is 0 Å². The maximum absolute atomic E-state index is 6.72. The number of hydrogen-bond acceptors (Lipinski definition) is 2. The second-order valence-electron chi connectivity index (χ2n) is 12.8. The highest BCUT2D eigenvalue weighted by molar-refractivity contribution is 6.32. The molecule has 3 nitrogen and oxygen atoms in total. The zero-order valence-electron chi connectivity index (χ0n) is 25.0. The van der Waals surface area contributed by atoms with Crippen molar-refractivity contribution in [3.63, 3.8) is 0 Å². The van der Waals surface area contributed by atoms with E-state index in [2.05, 4.69) is 132 Å². The van der Waals surface area contributed by atoms with Crippen molar-refractivity contribution < 1.29 is 8.83 Å². The molecule has 0 fully saturated rings. The molecule has 0 aliphatic rings. The molecule has 0 atom stereocenters. The van der Waals surface area contributed by atoms with Gasteiger partial charge in [0, 0.05) is 43.1 Å². The minimum atomic E-state index is 0.900.